The SMILES string of the molecule is CCOc1ccc([C@H]2CC(=O)Nc3c2sc(C(=O)O)c3-c2ccc(F)cc2)cc1OC. The minimum atomic E-state index is -1.10. The van der Waals surface area contributed by atoms with E-state index in [-0.39, 0.29) is 23.1 Å². The van der Waals surface area contributed by atoms with E-state index >= 15 is 0 Å². The standard InChI is InChI=1S/C23H20FNO5S/c1-3-30-16-9-6-13(10-17(16)29-2)15-11-18(26)25-20-19(12-4-7-14(24)8-5-12)22(23(27)28)31-21(15)20/h4-10,15H,3,11H2,1-2H3,(H,25,26)(H,27,28)/t15-/m1/s1. The number of carbonyl (C=O) groups excluding carboxylic acids is 1. The molecule has 6 nitrogen and oxygen atoms in total. The maximum atomic E-state index is 13.4. The second kappa shape index (κ2) is 8.39. The van der Waals surface area contributed by atoms with Crippen LogP contribution in [0.2, 0.25) is 0 Å². The first-order valence-electron chi connectivity index (χ1n) is 9.69. The third-order valence-corrected chi connectivity index (χ3v) is 6.41. The molecular weight excluding hydrogens is 421 g/mol. The van der Waals surface area contributed by atoms with Crippen LogP contribution in [0.5, 0.6) is 11.5 Å². The number of nitrogens with one attached hydrogen (secondary N) is 1. The average Bonchev–Trinajstić information content (AvgIpc) is 3.14. The van der Waals surface area contributed by atoms with E-state index in [1.165, 1.54) is 24.3 Å². The summed E-state index contributed by atoms with van der Waals surface area (Å²) < 4.78 is 24.4. The largest absolute Gasteiger partial charge is 0.493 e. The van der Waals surface area contributed by atoms with E-state index in [1.54, 1.807) is 13.2 Å². The van der Waals surface area contributed by atoms with Crippen molar-refractivity contribution in [1.29, 1.82) is 0 Å². The number of thiophene rings is 1. The van der Waals surface area contributed by atoms with Crippen LogP contribution in [0.1, 0.15) is 39.4 Å². The third kappa shape index (κ3) is 3.86. The zero-order valence-electron chi connectivity index (χ0n) is 16.9. The van der Waals surface area contributed by atoms with E-state index in [2.05, 4.69) is 5.32 Å². The van der Waals surface area contributed by atoms with Crippen molar-refractivity contribution in [2.45, 2.75) is 19.3 Å². The van der Waals surface area contributed by atoms with Crippen LogP contribution in [-0.4, -0.2) is 30.7 Å². The number of carboxylic acid groups (broad SMARTS) is 1. The number of benzene rings is 2. The number of ether oxygens (including phenoxy) is 2. The van der Waals surface area contributed by atoms with Crippen molar-refractivity contribution < 1.29 is 28.6 Å². The lowest BCUT2D eigenvalue weighted by Gasteiger charge is -2.24. The molecule has 0 radical (unpaired) electrons. The van der Waals surface area contributed by atoms with Gasteiger partial charge in [-0.15, -0.1) is 11.3 Å². The van der Waals surface area contributed by atoms with Gasteiger partial charge < -0.3 is 19.9 Å². The summed E-state index contributed by atoms with van der Waals surface area (Å²) in [6.07, 6.45) is 0.173. The molecule has 2 N–H and O–H groups in total. The van der Waals surface area contributed by atoms with Crippen LogP contribution < -0.4 is 14.8 Å². The molecule has 4 rings (SSSR count). The fourth-order valence-corrected chi connectivity index (χ4v) is 5.02. The van der Waals surface area contributed by atoms with Crippen molar-refractivity contribution >= 4 is 28.9 Å². The third-order valence-electron chi connectivity index (χ3n) is 5.12. The summed E-state index contributed by atoms with van der Waals surface area (Å²) in [5, 5.41) is 12.7. The lowest BCUT2D eigenvalue weighted by molar-refractivity contribution is -0.116. The molecule has 0 saturated heterocycles. The number of anilines is 1. The molecule has 0 spiro atoms. The molecule has 2 heterocycles. The van der Waals surface area contributed by atoms with Crippen LogP contribution in [0, 0.1) is 5.82 Å². The number of hydrogen-bond acceptors (Lipinski definition) is 5. The monoisotopic (exact) mass is 441 g/mol. The van der Waals surface area contributed by atoms with Gasteiger partial charge in [-0.25, -0.2) is 9.18 Å². The molecule has 1 atom stereocenters. The molecule has 2 aromatic carbocycles. The van der Waals surface area contributed by atoms with Gasteiger partial charge >= 0.3 is 5.97 Å². The Hall–Kier alpha value is -3.39. The Morgan fingerprint density at radius 2 is 1.97 bits per heavy atom. The predicted molar refractivity (Wildman–Crippen MR) is 116 cm³/mol. The van der Waals surface area contributed by atoms with Crippen LogP contribution >= 0.6 is 11.3 Å². The van der Waals surface area contributed by atoms with Gasteiger partial charge in [0.2, 0.25) is 5.91 Å². The van der Waals surface area contributed by atoms with Crippen molar-refractivity contribution in [1.82, 2.24) is 0 Å². The molecule has 160 valence electrons. The first-order valence-corrected chi connectivity index (χ1v) is 10.5. The highest BCUT2D eigenvalue weighted by molar-refractivity contribution is 7.15. The molecule has 1 aromatic heterocycles. The van der Waals surface area contributed by atoms with Crippen LogP contribution in [0.3, 0.4) is 0 Å². The minimum absolute atomic E-state index is 0.0988. The van der Waals surface area contributed by atoms with Gasteiger partial charge in [-0.05, 0) is 42.3 Å². The van der Waals surface area contributed by atoms with Gasteiger partial charge in [0.15, 0.2) is 11.5 Å². The summed E-state index contributed by atoms with van der Waals surface area (Å²) in [6, 6.07) is 11.0. The number of halogens is 1. The van der Waals surface area contributed by atoms with Crippen molar-refractivity contribution in [2.24, 2.45) is 0 Å². The molecule has 8 heteroatoms. The van der Waals surface area contributed by atoms with Crippen molar-refractivity contribution in [3.8, 4) is 22.6 Å². The number of carboxylic acids is 1. The lowest BCUT2D eigenvalue weighted by atomic mass is 9.88. The molecule has 31 heavy (non-hydrogen) atoms. The van der Waals surface area contributed by atoms with E-state index < -0.39 is 11.8 Å². The van der Waals surface area contributed by atoms with Gasteiger partial charge in [0.25, 0.3) is 0 Å². The Kier molecular flexibility index (Phi) is 5.65. The highest BCUT2D eigenvalue weighted by Crippen LogP contribution is 2.50. The van der Waals surface area contributed by atoms with Crippen LogP contribution in [0.15, 0.2) is 42.5 Å². The predicted octanol–water partition coefficient (Wildman–Crippen LogP) is 5.13. The summed E-state index contributed by atoms with van der Waals surface area (Å²) in [4.78, 5) is 25.4. The van der Waals surface area contributed by atoms with Gasteiger partial charge in [-0.1, -0.05) is 18.2 Å². The molecule has 1 aliphatic heterocycles. The van der Waals surface area contributed by atoms with Gasteiger partial charge in [0.1, 0.15) is 10.7 Å². The Balaban J connectivity index is 1.87. The van der Waals surface area contributed by atoms with Gasteiger partial charge in [-0.2, -0.15) is 0 Å². The fourth-order valence-electron chi connectivity index (χ4n) is 3.77. The molecule has 1 amide bonds. The van der Waals surface area contributed by atoms with E-state index in [0.29, 0.717) is 34.9 Å². The molecule has 0 aliphatic carbocycles. The van der Waals surface area contributed by atoms with Crippen molar-refractivity contribution in [3.05, 3.63) is 63.6 Å². The maximum absolute atomic E-state index is 13.4. The Morgan fingerprint density at radius 3 is 2.61 bits per heavy atom. The smallest absolute Gasteiger partial charge is 0.346 e. The molecule has 0 saturated carbocycles. The average molecular weight is 441 g/mol. The summed E-state index contributed by atoms with van der Waals surface area (Å²) >= 11 is 1.12. The summed E-state index contributed by atoms with van der Waals surface area (Å²) in [7, 11) is 1.54. The Morgan fingerprint density at radius 1 is 1.23 bits per heavy atom. The van der Waals surface area contributed by atoms with Crippen LogP contribution in [0.25, 0.3) is 11.1 Å². The van der Waals surface area contributed by atoms with E-state index in [1.807, 2.05) is 19.1 Å². The molecule has 3 aromatic rings. The highest BCUT2D eigenvalue weighted by atomic mass is 32.1. The zero-order chi connectivity index (χ0) is 22.1. The maximum Gasteiger partial charge on any atom is 0.346 e. The highest BCUT2D eigenvalue weighted by Gasteiger charge is 2.34. The Labute approximate surface area is 182 Å². The Bertz CT molecular complexity index is 1160. The van der Waals surface area contributed by atoms with Crippen molar-refractivity contribution in [3.63, 3.8) is 0 Å². The molecular formula is C23H20FNO5S. The van der Waals surface area contributed by atoms with E-state index in [4.69, 9.17) is 9.47 Å². The van der Waals surface area contributed by atoms with E-state index in [9.17, 15) is 19.1 Å². The zero-order valence-corrected chi connectivity index (χ0v) is 17.7. The summed E-state index contributed by atoms with van der Waals surface area (Å²) in [6.45, 7) is 2.36. The summed E-state index contributed by atoms with van der Waals surface area (Å²) in [5.74, 6) is -0.947. The first kappa shape index (κ1) is 20.9. The number of carbonyl (C=O) groups is 2. The topological polar surface area (TPSA) is 84.9 Å². The number of amides is 1. The van der Waals surface area contributed by atoms with Crippen molar-refractivity contribution in [2.75, 3.05) is 19.0 Å². The molecule has 1 aliphatic rings. The fraction of sp³-hybridized carbons (Fsp3) is 0.217. The first-order chi connectivity index (χ1) is 14.9. The van der Waals surface area contributed by atoms with Crippen LogP contribution in [0.4, 0.5) is 10.1 Å². The molecule has 0 bridgehead atoms. The van der Waals surface area contributed by atoms with Gasteiger partial charge in [0.05, 0.1) is 19.4 Å². The number of hydrogen-bond donors (Lipinski definition) is 2. The quantitative estimate of drug-likeness (QED) is 0.554. The molecule has 0 fully saturated rings. The van der Waals surface area contributed by atoms with Gasteiger partial charge in [0, 0.05) is 22.8 Å². The lowest BCUT2D eigenvalue weighted by Crippen LogP contribution is -2.22. The second-order valence-electron chi connectivity index (χ2n) is 7.01. The van der Waals surface area contributed by atoms with Crippen LogP contribution in [-0.2, 0) is 4.79 Å². The normalized spacial score (nSPS) is 15.2. The number of methoxy groups -OCH3 is 1. The summed E-state index contributed by atoms with van der Waals surface area (Å²) in [5.41, 5.74) is 2.20. The number of fused-ring (bicyclic) bond motifs is 1. The second-order valence-corrected chi connectivity index (χ2v) is 8.06. The minimum Gasteiger partial charge on any atom is -0.493 e. The van der Waals surface area contributed by atoms with Gasteiger partial charge in [-0.3, -0.25) is 4.79 Å². The number of aromatic carboxylic acids is 1. The molecule has 0 unspecified atom stereocenters. The number of rotatable bonds is 6. The van der Waals surface area contributed by atoms with E-state index in [0.717, 1.165) is 21.8 Å².